The second kappa shape index (κ2) is 4.95. The zero-order valence-electron chi connectivity index (χ0n) is 9.56. The van der Waals surface area contributed by atoms with Gasteiger partial charge in [0.15, 0.2) is 0 Å². The van der Waals surface area contributed by atoms with Gasteiger partial charge in [-0.15, -0.1) is 0 Å². The second-order valence-corrected chi connectivity index (χ2v) is 3.43. The Morgan fingerprint density at radius 2 is 2.11 bits per heavy atom. The SMILES string of the molecule is CCOC(=O)c1cnn(-c2ccccc2F)c1F. The third-order valence-corrected chi connectivity index (χ3v) is 2.29. The van der Waals surface area contributed by atoms with Crippen molar-refractivity contribution in [1.82, 2.24) is 9.78 Å². The number of rotatable bonds is 3. The van der Waals surface area contributed by atoms with Gasteiger partial charge in [0.1, 0.15) is 17.1 Å². The minimum Gasteiger partial charge on any atom is -0.462 e. The number of para-hydroxylation sites is 1. The molecule has 0 radical (unpaired) electrons. The molecular weight excluding hydrogens is 242 g/mol. The van der Waals surface area contributed by atoms with E-state index in [1.165, 1.54) is 18.2 Å². The lowest BCUT2D eigenvalue weighted by molar-refractivity contribution is 0.0520. The fourth-order valence-corrected chi connectivity index (χ4v) is 1.47. The Balaban J connectivity index is 2.43. The highest BCUT2D eigenvalue weighted by Crippen LogP contribution is 2.16. The molecule has 0 aliphatic heterocycles. The van der Waals surface area contributed by atoms with Crippen molar-refractivity contribution in [3.63, 3.8) is 0 Å². The van der Waals surface area contributed by atoms with Gasteiger partial charge in [-0.2, -0.15) is 9.49 Å². The molecule has 6 heteroatoms. The zero-order valence-corrected chi connectivity index (χ0v) is 9.56. The highest BCUT2D eigenvalue weighted by atomic mass is 19.1. The van der Waals surface area contributed by atoms with Crippen LogP contribution in [-0.4, -0.2) is 22.4 Å². The van der Waals surface area contributed by atoms with Crippen LogP contribution in [-0.2, 0) is 4.74 Å². The summed E-state index contributed by atoms with van der Waals surface area (Å²) in [5.74, 6) is -2.40. The van der Waals surface area contributed by atoms with E-state index < -0.39 is 17.7 Å². The van der Waals surface area contributed by atoms with E-state index in [1.807, 2.05) is 0 Å². The molecule has 2 rings (SSSR count). The van der Waals surface area contributed by atoms with E-state index in [2.05, 4.69) is 9.84 Å². The van der Waals surface area contributed by atoms with Gasteiger partial charge in [0.25, 0.3) is 0 Å². The van der Waals surface area contributed by atoms with Crippen LogP contribution in [0.25, 0.3) is 5.69 Å². The summed E-state index contributed by atoms with van der Waals surface area (Å²) in [6, 6.07) is 5.57. The molecule has 0 aliphatic carbocycles. The van der Waals surface area contributed by atoms with E-state index in [4.69, 9.17) is 0 Å². The Kier molecular flexibility index (Phi) is 3.36. The number of carbonyl (C=O) groups is 1. The summed E-state index contributed by atoms with van der Waals surface area (Å²) < 4.78 is 32.8. The van der Waals surface area contributed by atoms with Gasteiger partial charge < -0.3 is 4.74 Å². The minimum absolute atomic E-state index is 0.0643. The van der Waals surface area contributed by atoms with Gasteiger partial charge in [-0.1, -0.05) is 12.1 Å². The van der Waals surface area contributed by atoms with Gasteiger partial charge in [-0.25, -0.2) is 13.9 Å². The maximum absolute atomic E-state index is 13.9. The van der Waals surface area contributed by atoms with Crippen LogP contribution >= 0.6 is 0 Å². The summed E-state index contributed by atoms with van der Waals surface area (Å²) >= 11 is 0. The lowest BCUT2D eigenvalue weighted by Gasteiger charge is -2.03. The molecule has 1 aromatic carbocycles. The first kappa shape index (κ1) is 12.2. The highest BCUT2D eigenvalue weighted by Gasteiger charge is 2.20. The van der Waals surface area contributed by atoms with Crippen LogP contribution in [0, 0.1) is 11.8 Å². The fraction of sp³-hybridized carbons (Fsp3) is 0.167. The quantitative estimate of drug-likeness (QED) is 0.787. The maximum Gasteiger partial charge on any atom is 0.344 e. The normalized spacial score (nSPS) is 10.4. The molecule has 18 heavy (non-hydrogen) atoms. The molecule has 1 aromatic heterocycles. The Labute approximate surface area is 102 Å². The summed E-state index contributed by atoms with van der Waals surface area (Å²) in [6.07, 6.45) is 1.01. The standard InChI is InChI=1S/C12H10F2N2O2/c1-2-18-12(17)8-7-15-16(11(8)14)10-6-4-3-5-9(10)13/h3-7H,2H2,1H3. The van der Waals surface area contributed by atoms with Crippen LogP contribution in [0.5, 0.6) is 0 Å². The molecule has 0 saturated carbocycles. The number of nitrogens with zero attached hydrogens (tertiary/aromatic N) is 2. The van der Waals surface area contributed by atoms with Crippen LogP contribution in [0.15, 0.2) is 30.5 Å². The lowest BCUT2D eigenvalue weighted by atomic mass is 10.3. The molecular formula is C12H10F2N2O2. The number of ether oxygens (including phenoxy) is 1. The maximum atomic E-state index is 13.9. The average molecular weight is 252 g/mol. The molecule has 0 aliphatic rings. The molecule has 0 amide bonds. The molecule has 0 spiro atoms. The van der Waals surface area contributed by atoms with Crippen LogP contribution in [0.2, 0.25) is 0 Å². The number of hydrogen-bond acceptors (Lipinski definition) is 3. The summed E-state index contributed by atoms with van der Waals surface area (Å²) in [5.41, 5.74) is -0.384. The molecule has 1 heterocycles. The molecule has 0 unspecified atom stereocenters. The van der Waals surface area contributed by atoms with E-state index in [-0.39, 0.29) is 17.9 Å². The van der Waals surface area contributed by atoms with Crippen molar-refractivity contribution in [2.24, 2.45) is 0 Å². The van der Waals surface area contributed by atoms with E-state index >= 15 is 0 Å². The Bertz CT molecular complexity index is 581. The predicted octanol–water partition coefficient (Wildman–Crippen LogP) is 2.33. The first-order valence-corrected chi connectivity index (χ1v) is 5.30. The summed E-state index contributed by atoms with van der Waals surface area (Å²) in [4.78, 5) is 11.4. The third kappa shape index (κ3) is 2.09. The first-order chi connectivity index (χ1) is 8.65. The molecule has 0 N–H and O–H groups in total. The molecule has 2 aromatic rings. The summed E-state index contributed by atoms with van der Waals surface area (Å²) in [6.45, 7) is 1.74. The van der Waals surface area contributed by atoms with Crippen LogP contribution in [0.4, 0.5) is 8.78 Å². The van der Waals surface area contributed by atoms with Gasteiger partial charge >= 0.3 is 5.97 Å². The first-order valence-electron chi connectivity index (χ1n) is 5.30. The fourth-order valence-electron chi connectivity index (χ4n) is 1.47. The van der Waals surface area contributed by atoms with E-state index in [0.29, 0.717) is 0 Å². The van der Waals surface area contributed by atoms with Crippen molar-refractivity contribution in [2.75, 3.05) is 6.61 Å². The van der Waals surface area contributed by atoms with Crippen molar-refractivity contribution >= 4 is 5.97 Å². The van der Waals surface area contributed by atoms with Crippen LogP contribution in [0.1, 0.15) is 17.3 Å². The zero-order chi connectivity index (χ0) is 13.1. The second-order valence-electron chi connectivity index (χ2n) is 3.43. The minimum atomic E-state index is -0.946. The van der Waals surface area contributed by atoms with Crippen LogP contribution in [0.3, 0.4) is 0 Å². The largest absolute Gasteiger partial charge is 0.462 e. The van der Waals surface area contributed by atoms with Crippen molar-refractivity contribution in [3.8, 4) is 5.69 Å². The number of hydrogen-bond donors (Lipinski definition) is 0. The highest BCUT2D eigenvalue weighted by molar-refractivity contribution is 5.89. The Morgan fingerprint density at radius 3 is 2.78 bits per heavy atom. The number of halogens is 2. The molecule has 0 saturated heterocycles. The van der Waals surface area contributed by atoms with E-state index in [9.17, 15) is 13.6 Å². The summed E-state index contributed by atoms with van der Waals surface area (Å²) in [5, 5.41) is 3.65. The Hall–Kier alpha value is -2.24. The molecule has 0 atom stereocenters. The number of carbonyl (C=O) groups excluding carboxylic acids is 1. The molecule has 4 nitrogen and oxygen atoms in total. The molecule has 94 valence electrons. The topological polar surface area (TPSA) is 44.1 Å². The van der Waals surface area contributed by atoms with Gasteiger partial charge in [0.05, 0.1) is 12.8 Å². The number of esters is 1. The van der Waals surface area contributed by atoms with Gasteiger partial charge in [-0.05, 0) is 19.1 Å². The van der Waals surface area contributed by atoms with Crippen molar-refractivity contribution < 1.29 is 18.3 Å². The smallest absolute Gasteiger partial charge is 0.344 e. The molecule has 0 bridgehead atoms. The van der Waals surface area contributed by atoms with Gasteiger partial charge in [-0.3, -0.25) is 0 Å². The molecule has 0 fully saturated rings. The van der Waals surface area contributed by atoms with E-state index in [0.717, 1.165) is 10.9 Å². The predicted molar refractivity (Wildman–Crippen MR) is 59.4 cm³/mol. The number of benzene rings is 1. The van der Waals surface area contributed by atoms with Gasteiger partial charge in [0.2, 0.25) is 5.95 Å². The van der Waals surface area contributed by atoms with E-state index in [1.54, 1.807) is 13.0 Å². The lowest BCUT2D eigenvalue weighted by Crippen LogP contribution is -2.08. The van der Waals surface area contributed by atoms with Crippen LogP contribution < -0.4 is 0 Å². The van der Waals surface area contributed by atoms with Crippen molar-refractivity contribution in [2.45, 2.75) is 6.92 Å². The third-order valence-electron chi connectivity index (χ3n) is 2.29. The van der Waals surface area contributed by atoms with Crippen molar-refractivity contribution in [3.05, 3.63) is 47.8 Å². The number of aromatic nitrogens is 2. The average Bonchev–Trinajstić information content (AvgIpc) is 2.72. The van der Waals surface area contributed by atoms with Crippen molar-refractivity contribution in [1.29, 1.82) is 0 Å². The van der Waals surface area contributed by atoms with Gasteiger partial charge in [0, 0.05) is 0 Å². The summed E-state index contributed by atoms with van der Waals surface area (Å²) in [7, 11) is 0. The Morgan fingerprint density at radius 1 is 1.39 bits per heavy atom. The monoisotopic (exact) mass is 252 g/mol.